The van der Waals surface area contributed by atoms with E-state index in [-0.39, 0.29) is 0 Å². The number of anilines is 2. The van der Waals surface area contributed by atoms with Gasteiger partial charge in [-0.05, 0) is 36.4 Å². The fraction of sp³-hybridized carbons (Fsp3) is 0. The molecule has 0 aliphatic heterocycles. The third-order valence-corrected chi connectivity index (χ3v) is 3.75. The zero-order valence-electron chi connectivity index (χ0n) is 12.1. The second-order valence-electron chi connectivity index (χ2n) is 5.12. The molecule has 5 heteroatoms. The highest BCUT2D eigenvalue weighted by Gasteiger charge is 2.09. The molecule has 2 aromatic heterocycles. The lowest BCUT2D eigenvalue weighted by Crippen LogP contribution is -1.95. The minimum Gasteiger partial charge on any atom is -0.323 e. The van der Waals surface area contributed by atoms with Crippen LogP contribution in [0, 0.1) is 0 Å². The Morgan fingerprint density at radius 1 is 0.870 bits per heavy atom. The molecule has 0 unspecified atom stereocenters. The van der Waals surface area contributed by atoms with Crippen molar-refractivity contribution >= 4 is 28.9 Å². The van der Waals surface area contributed by atoms with Crippen LogP contribution < -0.4 is 5.32 Å². The van der Waals surface area contributed by atoms with Gasteiger partial charge in [0.15, 0.2) is 5.65 Å². The molecule has 0 saturated heterocycles. The summed E-state index contributed by atoms with van der Waals surface area (Å²) in [5.74, 6) is 0.561. The van der Waals surface area contributed by atoms with Crippen molar-refractivity contribution in [3.05, 3.63) is 77.8 Å². The summed E-state index contributed by atoms with van der Waals surface area (Å²) in [5, 5.41) is 8.48. The van der Waals surface area contributed by atoms with Gasteiger partial charge in [0, 0.05) is 16.3 Å². The van der Waals surface area contributed by atoms with E-state index in [0.29, 0.717) is 11.0 Å². The standard InChI is InChI=1S/C18H13ClN4/c19-14-7-4-6-13(12-14)16-10-5-11-17-21-18(22-23(16)17)20-15-8-2-1-3-9-15/h1-12H,(H,20,22). The van der Waals surface area contributed by atoms with E-state index < -0.39 is 0 Å². The van der Waals surface area contributed by atoms with E-state index in [2.05, 4.69) is 15.4 Å². The molecule has 0 radical (unpaired) electrons. The van der Waals surface area contributed by atoms with Gasteiger partial charge < -0.3 is 5.32 Å². The molecule has 0 amide bonds. The van der Waals surface area contributed by atoms with Gasteiger partial charge in [-0.3, -0.25) is 0 Å². The molecule has 0 aliphatic carbocycles. The number of nitrogens with zero attached hydrogens (tertiary/aromatic N) is 3. The Balaban J connectivity index is 1.79. The van der Waals surface area contributed by atoms with E-state index >= 15 is 0 Å². The van der Waals surface area contributed by atoms with E-state index in [1.807, 2.05) is 77.3 Å². The van der Waals surface area contributed by atoms with E-state index in [0.717, 1.165) is 22.6 Å². The number of pyridine rings is 1. The van der Waals surface area contributed by atoms with Crippen molar-refractivity contribution < 1.29 is 0 Å². The molecule has 23 heavy (non-hydrogen) atoms. The first-order valence-electron chi connectivity index (χ1n) is 7.23. The molecule has 4 nitrogen and oxygen atoms in total. The molecular weight excluding hydrogens is 308 g/mol. The zero-order chi connectivity index (χ0) is 15.6. The molecule has 0 saturated carbocycles. The summed E-state index contributed by atoms with van der Waals surface area (Å²) in [5.41, 5.74) is 3.67. The molecule has 2 heterocycles. The summed E-state index contributed by atoms with van der Waals surface area (Å²) in [4.78, 5) is 4.52. The summed E-state index contributed by atoms with van der Waals surface area (Å²) < 4.78 is 1.82. The van der Waals surface area contributed by atoms with Crippen molar-refractivity contribution in [2.24, 2.45) is 0 Å². The van der Waals surface area contributed by atoms with Crippen LogP contribution in [0.1, 0.15) is 0 Å². The lowest BCUT2D eigenvalue weighted by Gasteiger charge is -2.04. The van der Waals surface area contributed by atoms with Gasteiger partial charge in [-0.25, -0.2) is 4.52 Å². The average molecular weight is 321 g/mol. The fourth-order valence-electron chi connectivity index (χ4n) is 2.48. The Bertz CT molecular complexity index is 963. The normalized spacial score (nSPS) is 10.8. The summed E-state index contributed by atoms with van der Waals surface area (Å²) in [6.07, 6.45) is 0. The van der Waals surface area contributed by atoms with Crippen LogP contribution in [0.3, 0.4) is 0 Å². The maximum atomic E-state index is 6.10. The second kappa shape index (κ2) is 5.74. The average Bonchev–Trinajstić information content (AvgIpc) is 2.98. The van der Waals surface area contributed by atoms with Crippen LogP contribution in [-0.4, -0.2) is 14.6 Å². The van der Waals surface area contributed by atoms with Gasteiger partial charge in [0.2, 0.25) is 5.95 Å². The topological polar surface area (TPSA) is 42.2 Å². The van der Waals surface area contributed by atoms with Gasteiger partial charge in [-0.2, -0.15) is 4.98 Å². The molecule has 112 valence electrons. The van der Waals surface area contributed by atoms with Crippen LogP contribution in [0.15, 0.2) is 72.8 Å². The Labute approximate surface area is 138 Å². The first-order chi connectivity index (χ1) is 11.3. The van der Waals surface area contributed by atoms with Crippen LogP contribution in [0.5, 0.6) is 0 Å². The Kier molecular flexibility index (Phi) is 3.44. The number of nitrogens with one attached hydrogen (secondary N) is 1. The maximum absolute atomic E-state index is 6.10. The Hall–Kier alpha value is -2.85. The largest absolute Gasteiger partial charge is 0.323 e. The molecule has 0 aliphatic rings. The maximum Gasteiger partial charge on any atom is 0.247 e. The van der Waals surface area contributed by atoms with E-state index in [1.165, 1.54) is 0 Å². The molecule has 0 bridgehead atoms. The van der Waals surface area contributed by atoms with Crippen molar-refractivity contribution in [1.29, 1.82) is 0 Å². The van der Waals surface area contributed by atoms with Gasteiger partial charge in [0.1, 0.15) is 0 Å². The number of hydrogen-bond donors (Lipinski definition) is 1. The lowest BCUT2D eigenvalue weighted by atomic mass is 10.1. The zero-order valence-corrected chi connectivity index (χ0v) is 12.9. The van der Waals surface area contributed by atoms with Crippen LogP contribution in [0.4, 0.5) is 11.6 Å². The van der Waals surface area contributed by atoms with Crippen molar-refractivity contribution in [2.75, 3.05) is 5.32 Å². The minimum atomic E-state index is 0.561. The smallest absolute Gasteiger partial charge is 0.247 e. The molecule has 1 N–H and O–H groups in total. The summed E-state index contributed by atoms with van der Waals surface area (Å²) in [7, 11) is 0. The molecule has 0 atom stereocenters. The molecule has 4 rings (SSSR count). The second-order valence-corrected chi connectivity index (χ2v) is 5.55. The van der Waals surface area contributed by atoms with Crippen molar-refractivity contribution in [3.8, 4) is 11.3 Å². The Morgan fingerprint density at radius 3 is 2.52 bits per heavy atom. The van der Waals surface area contributed by atoms with Crippen molar-refractivity contribution in [3.63, 3.8) is 0 Å². The fourth-order valence-corrected chi connectivity index (χ4v) is 2.67. The SMILES string of the molecule is Clc1cccc(-c2cccc3nc(Nc4ccccc4)nn23)c1. The van der Waals surface area contributed by atoms with E-state index in [9.17, 15) is 0 Å². The molecular formula is C18H13ClN4. The van der Waals surface area contributed by atoms with E-state index in [1.54, 1.807) is 0 Å². The van der Waals surface area contributed by atoms with Gasteiger partial charge in [-0.15, -0.1) is 5.10 Å². The number of aromatic nitrogens is 3. The monoisotopic (exact) mass is 320 g/mol. The molecule has 4 aromatic rings. The van der Waals surface area contributed by atoms with Crippen LogP contribution in [0.25, 0.3) is 16.9 Å². The van der Waals surface area contributed by atoms with Crippen molar-refractivity contribution in [1.82, 2.24) is 14.6 Å². The third-order valence-electron chi connectivity index (χ3n) is 3.51. The van der Waals surface area contributed by atoms with E-state index in [4.69, 9.17) is 11.6 Å². The van der Waals surface area contributed by atoms with Crippen LogP contribution in [-0.2, 0) is 0 Å². The number of halogens is 1. The number of fused-ring (bicyclic) bond motifs is 1. The summed E-state index contributed by atoms with van der Waals surface area (Å²) in [6.45, 7) is 0. The molecule has 0 fully saturated rings. The number of para-hydroxylation sites is 1. The van der Waals surface area contributed by atoms with Gasteiger partial charge >= 0.3 is 0 Å². The highest BCUT2D eigenvalue weighted by molar-refractivity contribution is 6.30. The first-order valence-corrected chi connectivity index (χ1v) is 7.61. The van der Waals surface area contributed by atoms with Crippen LogP contribution >= 0.6 is 11.6 Å². The molecule has 2 aromatic carbocycles. The Morgan fingerprint density at radius 2 is 1.70 bits per heavy atom. The first kappa shape index (κ1) is 13.8. The van der Waals surface area contributed by atoms with Gasteiger partial charge in [-0.1, -0.05) is 48.0 Å². The highest BCUT2D eigenvalue weighted by Crippen LogP contribution is 2.24. The van der Waals surface area contributed by atoms with Gasteiger partial charge in [0.05, 0.1) is 5.69 Å². The van der Waals surface area contributed by atoms with Gasteiger partial charge in [0.25, 0.3) is 0 Å². The molecule has 0 spiro atoms. The predicted octanol–water partition coefficient (Wildman–Crippen LogP) is 4.79. The summed E-state index contributed by atoms with van der Waals surface area (Å²) >= 11 is 6.10. The summed E-state index contributed by atoms with van der Waals surface area (Å²) in [6, 6.07) is 23.5. The highest BCUT2D eigenvalue weighted by atomic mass is 35.5. The number of benzene rings is 2. The number of hydrogen-bond acceptors (Lipinski definition) is 3. The predicted molar refractivity (Wildman–Crippen MR) is 93.2 cm³/mol. The third kappa shape index (κ3) is 2.76. The lowest BCUT2D eigenvalue weighted by molar-refractivity contribution is 0.973. The van der Waals surface area contributed by atoms with Crippen LogP contribution in [0.2, 0.25) is 5.02 Å². The minimum absolute atomic E-state index is 0.561. The quantitative estimate of drug-likeness (QED) is 0.590. The number of rotatable bonds is 3. The van der Waals surface area contributed by atoms with Crippen molar-refractivity contribution in [2.45, 2.75) is 0 Å².